The Bertz CT molecular complexity index is 1180. The molecule has 3 aromatic rings. The van der Waals surface area contributed by atoms with Crippen LogP contribution in [0.25, 0.3) is 0 Å². The summed E-state index contributed by atoms with van der Waals surface area (Å²) in [5.74, 6) is 0.290. The summed E-state index contributed by atoms with van der Waals surface area (Å²) in [7, 11) is 0. The number of nitrogens with zero attached hydrogens (tertiary/aromatic N) is 3. The van der Waals surface area contributed by atoms with E-state index in [0.717, 1.165) is 54.7 Å². The van der Waals surface area contributed by atoms with Crippen molar-refractivity contribution in [3.63, 3.8) is 0 Å². The Labute approximate surface area is 237 Å². The second kappa shape index (κ2) is 13.7. The van der Waals surface area contributed by atoms with Crippen molar-refractivity contribution in [2.75, 3.05) is 16.8 Å². The smallest absolute Gasteiger partial charge is 0.227 e. The van der Waals surface area contributed by atoms with Gasteiger partial charge >= 0.3 is 0 Å². The average Bonchev–Trinajstić information content (AvgIpc) is 3.36. The maximum absolute atomic E-state index is 12.9. The summed E-state index contributed by atoms with van der Waals surface area (Å²) < 4.78 is 0. The first-order valence-corrected chi connectivity index (χ1v) is 13.0. The van der Waals surface area contributed by atoms with Gasteiger partial charge in [0.05, 0.1) is 24.6 Å². The fourth-order valence-electron chi connectivity index (χ4n) is 5.60. The highest BCUT2D eigenvalue weighted by molar-refractivity contribution is 5.93. The number of benzene rings is 2. The van der Waals surface area contributed by atoms with Crippen LogP contribution in [0, 0.1) is 5.92 Å². The molecule has 204 valence electrons. The fourth-order valence-corrected chi connectivity index (χ4v) is 5.60. The van der Waals surface area contributed by atoms with Crippen LogP contribution in [0.5, 0.6) is 0 Å². The predicted molar refractivity (Wildman–Crippen MR) is 156 cm³/mol. The number of nitrogens with one attached hydrogen (secondary N) is 2. The zero-order chi connectivity index (χ0) is 24.9. The molecule has 1 aliphatic carbocycles. The minimum atomic E-state index is 0. The number of anilines is 2. The largest absolute Gasteiger partial charge is 0.363 e. The molecule has 0 bridgehead atoms. The zero-order valence-corrected chi connectivity index (χ0v) is 23.4. The van der Waals surface area contributed by atoms with Gasteiger partial charge in [-0.3, -0.25) is 9.59 Å². The van der Waals surface area contributed by atoms with Crippen LogP contribution in [0.1, 0.15) is 55.8 Å². The summed E-state index contributed by atoms with van der Waals surface area (Å²) in [4.78, 5) is 37.5. The summed E-state index contributed by atoms with van der Waals surface area (Å²) in [6.45, 7) is 3.52. The average molecular weight is 559 g/mol. The molecule has 2 N–H and O–H groups in total. The Morgan fingerprint density at radius 2 is 1.82 bits per heavy atom. The van der Waals surface area contributed by atoms with Crippen LogP contribution < -0.4 is 10.2 Å². The van der Waals surface area contributed by atoms with Gasteiger partial charge in [-0.1, -0.05) is 55.7 Å². The number of halogens is 2. The minimum Gasteiger partial charge on any atom is -0.363 e. The van der Waals surface area contributed by atoms with Crippen LogP contribution in [0.2, 0.25) is 0 Å². The van der Waals surface area contributed by atoms with Crippen molar-refractivity contribution in [3.8, 4) is 0 Å². The van der Waals surface area contributed by atoms with Gasteiger partial charge in [-0.2, -0.15) is 0 Å². The highest BCUT2D eigenvalue weighted by atomic mass is 35.5. The van der Waals surface area contributed by atoms with E-state index in [2.05, 4.69) is 44.5 Å². The topological polar surface area (TPSA) is 81.3 Å². The first-order chi connectivity index (χ1) is 17.6. The van der Waals surface area contributed by atoms with Gasteiger partial charge in [0, 0.05) is 43.5 Å². The van der Waals surface area contributed by atoms with Crippen molar-refractivity contribution >= 4 is 48.0 Å². The summed E-state index contributed by atoms with van der Waals surface area (Å²) in [6, 6.07) is 16.5. The lowest BCUT2D eigenvalue weighted by molar-refractivity contribution is -0.131. The minimum absolute atomic E-state index is 0. The van der Waals surface area contributed by atoms with Crippen LogP contribution in [-0.4, -0.2) is 39.3 Å². The molecule has 9 heteroatoms. The van der Waals surface area contributed by atoms with E-state index in [1.54, 1.807) is 13.3 Å². The van der Waals surface area contributed by atoms with Gasteiger partial charge in [0.25, 0.3) is 0 Å². The van der Waals surface area contributed by atoms with Gasteiger partial charge in [0.15, 0.2) is 0 Å². The van der Waals surface area contributed by atoms with Gasteiger partial charge in [-0.05, 0) is 42.5 Å². The van der Waals surface area contributed by atoms with E-state index in [9.17, 15) is 9.59 Å². The third kappa shape index (κ3) is 7.08. The van der Waals surface area contributed by atoms with Gasteiger partial charge in [-0.25, -0.2) is 4.98 Å². The molecular weight excluding hydrogens is 521 g/mol. The fraction of sp³-hybridized carbons (Fsp3) is 0.414. The number of imidazole rings is 1. The van der Waals surface area contributed by atoms with Crippen molar-refractivity contribution in [2.45, 2.75) is 64.6 Å². The summed E-state index contributed by atoms with van der Waals surface area (Å²) in [5.41, 5.74) is 5.16. The molecule has 1 atom stereocenters. The van der Waals surface area contributed by atoms with Gasteiger partial charge in [0.1, 0.15) is 0 Å². The van der Waals surface area contributed by atoms with Crippen molar-refractivity contribution < 1.29 is 9.59 Å². The maximum atomic E-state index is 12.9. The number of hydrogen-bond donors (Lipinski definition) is 2. The van der Waals surface area contributed by atoms with E-state index in [4.69, 9.17) is 0 Å². The quantitative estimate of drug-likeness (QED) is 0.404. The molecule has 0 radical (unpaired) electrons. The Morgan fingerprint density at radius 3 is 2.50 bits per heavy atom. The number of carbonyl (C=O) groups is 2. The number of rotatable bonds is 6. The first kappa shape index (κ1) is 29.5. The van der Waals surface area contributed by atoms with Crippen molar-refractivity contribution in [1.29, 1.82) is 0 Å². The standard InChI is InChI=1S/C29H35N5O2.2ClH/c1-21(35)34-17-24-12-13-25(32-29(36)23-10-6-3-7-11-23)15-28(24)33(18-26-16-30-20-31-26)19-27(34)14-22-8-4-2-5-9-22;;/h2,4-5,8-9,12-13,15-16,20,23,27H,3,6-7,10-11,14,17-19H2,1H3,(H,30,31)(H,32,36);2*1H. The van der Waals surface area contributed by atoms with E-state index < -0.39 is 0 Å². The molecule has 2 aliphatic rings. The van der Waals surface area contributed by atoms with E-state index in [0.29, 0.717) is 19.6 Å². The number of amides is 2. The Balaban J connectivity index is 0.00000200. The van der Waals surface area contributed by atoms with E-state index >= 15 is 0 Å². The van der Waals surface area contributed by atoms with Crippen LogP contribution in [0.4, 0.5) is 11.4 Å². The lowest BCUT2D eigenvalue weighted by Crippen LogP contribution is -2.44. The highest BCUT2D eigenvalue weighted by Crippen LogP contribution is 2.33. The SMILES string of the molecule is CC(=O)N1Cc2ccc(NC(=O)C3CCCCC3)cc2N(Cc2cnc[nH]2)CC1Cc1ccccc1.Cl.Cl. The molecule has 2 heterocycles. The molecule has 1 aromatic heterocycles. The molecule has 38 heavy (non-hydrogen) atoms. The molecule has 7 nitrogen and oxygen atoms in total. The van der Waals surface area contributed by atoms with Crippen LogP contribution in [0.15, 0.2) is 61.1 Å². The van der Waals surface area contributed by atoms with Crippen molar-refractivity contribution in [1.82, 2.24) is 14.9 Å². The summed E-state index contributed by atoms with van der Waals surface area (Å²) >= 11 is 0. The number of hydrogen-bond acceptors (Lipinski definition) is 4. The lowest BCUT2D eigenvalue weighted by atomic mass is 9.88. The molecule has 2 aromatic carbocycles. The predicted octanol–water partition coefficient (Wildman–Crippen LogP) is 5.75. The molecule has 1 fully saturated rings. The molecular formula is C29H37Cl2N5O2. The first-order valence-electron chi connectivity index (χ1n) is 13.0. The van der Waals surface area contributed by atoms with Gasteiger partial charge in [-0.15, -0.1) is 24.8 Å². The van der Waals surface area contributed by atoms with Crippen molar-refractivity contribution in [3.05, 3.63) is 77.9 Å². The summed E-state index contributed by atoms with van der Waals surface area (Å²) in [6.07, 6.45) is 9.73. The third-order valence-corrected chi connectivity index (χ3v) is 7.52. The molecule has 2 amide bonds. The number of fused-ring (bicyclic) bond motifs is 1. The van der Waals surface area contributed by atoms with Crippen molar-refractivity contribution in [2.24, 2.45) is 5.92 Å². The van der Waals surface area contributed by atoms with Crippen LogP contribution in [0.3, 0.4) is 0 Å². The molecule has 0 saturated heterocycles. The monoisotopic (exact) mass is 557 g/mol. The normalized spacial score (nSPS) is 17.4. The summed E-state index contributed by atoms with van der Waals surface area (Å²) in [5, 5.41) is 3.18. The maximum Gasteiger partial charge on any atom is 0.227 e. The molecule has 1 saturated carbocycles. The number of carbonyl (C=O) groups excluding carboxylic acids is 2. The molecule has 1 aliphatic heterocycles. The van der Waals surface area contributed by atoms with Gasteiger partial charge in [0.2, 0.25) is 11.8 Å². The zero-order valence-electron chi connectivity index (χ0n) is 21.8. The molecule has 5 rings (SSSR count). The van der Waals surface area contributed by atoms with E-state index in [1.165, 1.54) is 12.0 Å². The molecule has 0 spiro atoms. The van der Waals surface area contributed by atoms with Crippen LogP contribution in [-0.2, 0) is 29.1 Å². The second-order valence-electron chi connectivity index (χ2n) is 10.1. The number of aromatic amines is 1. The highest BCUT2D eigenvalue weighted by Gasteiger charge is 2.30. The van der Waals surface area contributed by atoms with E-state index in [1.807, 2.05) is 35.4 Å². The number of H-pyrrole nitrogens is 1. The van der Waals surface area contributed by atoms with E-state index in [-0.39, 0.29) is 48.6 Å². The second-order valence-corrected chi connectivity index (χ2v) is 10.1. The third-order valence-electron chi connectivity index (χ3n) is 7.52. The lowest BCUT2D eigenvalue weighted by Gasteiger charge is -2.32. The van der Waals surface area contributed by atoms with Gasteiger partial charge < -0.3 is 20.1 Å². The number of aromatic nitrogens is 2. The Kier molecular flexibility index (Phi) is 10.6. The Hall–Kier alpha value is -3.03. The van der Waals surface area contributed by atoms with Crippen LogP contribution >= 0.6 is 24.8 Å². The molecule has 1 unspecified atom stereocenters. The Morgan fingerprint density at radius 1 is 1.05 bits per heavy atom.